The number of nitrogens with one attached hydrogen (secondary N) is 1. The second-order valence-electron chi connectivity index (χ2n) is 5.81. The summed E-state index contributed by atoms with van der Waals surface area (Å²) in [6.45, 7) is 6.65. The maximum Gasteiger partial charge on any atom is 0.0990 e. The Balaban J connectivity index is 1.86. The normalized spacial score (nSPS) is 31.5. The molecule has 3 heteroatoms. The fourth-order valence-electron chi connectivity index (χ4n) is 3.22. The first-order valence-electron chi connectivity index (χ1n) is 7.22. The first-order chi connectivity index (χ1) is 8.20. The molecule has 2 fully saturated rings. The zero-order valence-corrected chi connectivity index (χ0v) is 11.4. The van der Waals surface area contributed by atoms with Gasteiger partial charge in [0.2, 0.25) is 0 Å². The van der Waals surface area contributed by atoms with Gasteiger partial charge >= 0.3 is 0 Å². The number of likely N-dealkylation sites (N-methyl/N-ethyl adjacent to an activating group) is 1. The Morgan fingerprint density at radius 1 is 1.18 bits per heavy atom. The second-order valence-corrected chi connectivity index (χ2v) is 5.81. The summed E-state index contributed by atoms with van der Waals surface area (Å²) >= 11 is 0. The monoisotopic (exact) mass is 237 g/mol. The van der Waals surface area contributed by atoms with Gasteiger partial charge in [-0.1, -0.05) is 26.2 Å². The van der Waals surface area contributed by atoms with Gasteiger partial charge in [0.25, 0.3) is 0 Å². The molecule has 0 aromatic heterocycles. The van der Waals surface area contributed by atoms with Crippen molar-refractivity contribution in [3.8, 4) is 0 Å². The average Bonchev–Trinajstić information content (AvgIpc) is 2.39. The van der Waals surface area contributed by atoms with E-state index in [0.29, 0.717) is 5.92 Å². The maximum absolute atomic E-state index is 8.42. The van der Waals surface area contributed by atoms with Gasteiger partial charge in [0.15, 0.2) is 0 Å². The second kappa shape index (κ2) is 5.85. The maximum atomic E-state index is 8.42. The molecule has 3 nitrogen and oxygen atoms in total. The van der Waals surface area contributed by atoms with E-state index in [1.165, 1.54) is 32.1 Å². The van der Waals surface area contributed by atoms with Crippen LogP contribution in [-0.4, -0.2) is 48.9 Å². The van der Waals surface area contributed by atoms with Crippen LogP contribution in [0, 0.1) is 17.2 Å². The first-order valence-corrected chi connectivity index (χ1v) is 7.22. The molecule has 2 atom stereocenters. The van der Waals surface area contributed by atoms with Crippen LogP contribution in [0.5, 0.6) is 0 Å². The molecule has 0 aromatic rings. The highest BCUT2D eigenvalue weighted by Crippen LogP contribution is 2.32. The predicted molar refractivity (Wildman–Crippen MR) is 72.5 cm³/mol. The average molecular weight is 237 g/mol. The lowest BCUT2D eigenvalue weighted by atomic mass is 9.79. The molecular formula is C14H27N3. The third kappa shape index (κ3) is 3.21. The van der Waals surface area contributed by atoms with Crippen molar-refractivity contribution < 1.29 is 0 Å². The van der Waals surface area contributed by atoms with Crippen molar-refractivity contribution in [2.75, 3.05) is 33.2 Å². The Labute approximate surface area is 106 Å². The van der Waals surface area contributed by atoms with Gasteiger partial charge in [0, 0.05) is 32.1 Å². The third-order valence-corrected chi connectivity index (χ3v) is 4.59. The van der Waals surface area contributed by atoms with Gasteiger partial charge in [0.1, 0.15) is 0 Å². The van der Waals surface area contributed by atoms with Crippen molar-refractivity contribution in [3.05, 3.63) is 0 Å². The Hall–Kier alpha value is -0.570. The molecule has 1 aliphatic carbocycles. The smallest absolute Gasteiger partial charge is 0.0990 e. The van der Waals surface area contributed by atoms with Gasteiger partial charge in [-0.25, -0.2) is 0 Å². The lowest BCUT2D eigenvalue weighted by molar-refractivity contribution is 0.200. The van der Waals surface area contributed by atoms with E-state index in [1.54, 1.807) is 0 Å². The Morgan fingerprint density at radius 3 is 2.53 bits per heavy atom. The van der Waals surface area contributed by atoms with Crippen molar-refractivity contribution in [1.82, 2.24) is 9.80 Å². The van der Waals surface area contributed by atoms with Crippen molar-refractivity contribution in [2.24, 2.45) is 11.8 Å². The highest BCUT2D eigenvalue weighted by atomic mass is 15.3. The number of nitrogens with zero attached hydrogens (tertiary/aromatic N) is 2. The number of hydrogen-bond donors (Lipinski definition) is 1. The fraction of sp³-hybridized carbons (Fsp3) is 0.929. The summed E-state index contributed by atoms with van der Waals surface area (Å²) in [5.74, 6) is 2.37. The van der Waals surface area contributed by atoms with E-state index in [1.807, 2.05) is 0 Å². The highest BCUT2D eigenvalue weighted by Gasteiger charge is 2.28. The van der Waals surface area contributed by atoms with Crippen LogP contribution >= 0.6 is 0 Å². The molecule has 2 rings (SSSR count). The van der Waals surface area contributed by atoms with Crippen LogP contribution in [0.4, 0.5) is 0 Å². The molecule has 0 spiro atoms. The van der Waals surface area contributed by atoms with E-state index < -0.39 is 0 Å². The molecule has 1 heterocycles. The molecule has 2 unspecified atom stereocenters. The Morgan fingerprint density at radius 2 is 1.88 bits per heavy atom. The van der Waals surface area contributed by atoms with Gasteiger partial charge in [-0.15, -0.1) is 0 Å². The Kier molecular flexibility index (Phi) is 4.43. The van der Waals surface area contributed by atoms with Crippen LogP contribution in [0.2, 0.25) is 0 Å². The minimum atomic E-state index is 0.553. The standard InChI is InChI=1S/C14H27N3/c1-3-12-5-4-6-13(11-12)14(15)17-9-7-16(2)8-10-17/h12-13,15H,3-11H2,1-2H3. The number of hydrogen-bond acceptors (Lipinski definition) is 2. The SMILES string of the molecule is CCC1CCCC(C(=N)N2CCN(C)CC2)C1. The molecule has 1 N–H and O–H groups in total. The zero-order valence-electron chi connectivity index (χ0n) is 11.4. The van der Waals surface area contributed by atoms with Crippen LogP contribution in [0.1, 0.15) is 39.0 Å². The highest BCUT2D eigenvalue weighted by molar-refractivity contribution is 5.81. The summed E-state index contributed by atoms with van der Waals surface area (Å²) in [5.41, 5.74) is 0. The largest absolute Gasteiger partial charge is 0.358 e. The summed E-state index contributed by atoms with van der Waals surface area (Å²) in [6.07, 6.45) is 6.54. The summed E-state index contributed by atoms with van der Waals surface area (Å²) in [5, 5.41) is 8.42. The van der Waals surface area contributed by atoms with E-state index in [2.05, 4.69) is 23.8 Å². The predicted octanol–water partition coefficient (Wildman–Crippen LogP) is 2.43. The van der Waals surface area contributed by atoms with Crippen molar-refractivity contribution in [2.45, 2.75) is 39.0 Å². The molecule has 0 bridgehead atoms. The topological polar surface area (TPSA) is 30.3 Å². The first kappa shape index (κ1) is 12.9. The van der Waals surface area contributed by atoms with E-state index in [9.17, 15) is 0 Å². The summed E-state index contributed by atoms with van der Waals surface area (Å²) in [7, 11) is 2.18. The number of rotatable bonds is 2. The number of amidine groups is 1. The molecule has 0 aromatic carbocycles. The van der Waals surface area contributed by atoms with Crippen LogP contribution in [-0.2, 0) is 0 Å². The molecule has 17 heavy (non-hydrogen) atoms. The summed E-state index contributed by atoms with van der Waals surface area (Å²) < 4.78 is 0. The van der Waals surface area contributed by atoms with Gasteiger partial charge in [0.05, 0.1) is 5.84 Å². The summed E-state index contributed by atoms with van der Waals surface area (Å²) in [6, 6.07) is 0. The van der Waals surface area contributed by atoms with Crippen LogP contribution in [0.15, 0.2) is 0 Å². The molecular weight excluding hydrogens is 210 g/mol. The van der Waals surface area contributed by atoms with Gasteiger partial charge in [-0.05, 0) is 25.8 Å². The molecule has 0 amide bonds. The van der Waals surface area contributed by atoms with E-state index >= 15 is 0 Å². The molecule has 2 aliphatic rings. The lowest BCUT2D eigenvalue weighted by Gasteiger charge is -2.38. The van der Waals surface area contributed by atoms with E-state index in [-0.39, 0.29) is 0 Å². The van der Waals surface area contributed by atoms with Gasteiger partial charge in [-0.2, -0.15) is 0 Å². The molecule has 1 saturated heterocycles. The van der Waals surface area contributed by atoms with Crippen molar-refractivity contribution in [1.29, 1.82) is 5.41 Å². The molecule has 1 aliphatic heterocycles. The van der Waals surface area contributed by atoms with Gasteiger partial charge in [-0.3, -0.25) is 5.41 Å². The minimum absolute atomic E-state index is 0.553. The zero-order chi connectivity index (χ0) is 12.3. The number of piperazine rings is 1. The third-order valence-electron chi connectivity index (χ3n) is 4.59. The quantitative estimate of drug-likeness (QED) is 0.590. The lowest BCUT2D eigenvalue weighted by Crippen LogP contribution is -2.49. The van der Waals surface area contributed by atoms with E-state index in [4.69, 9.17) is 5.41 Å². The van der Waals surface area contributed by atoms with Gasteiger partial charge < -0.3 is 9.80 Å². The minimum Gasteiger partial charge on any atom is -0.358 e. The fourth-order valence-corrected chi connectivity index (χ4v) is 3.22. The van der Waals surface area contributed by atoms with Crippen LogP contribution < -0.4 is 0 Å². The molecule has 1 saturated carbocycles. The van der Waals surface area contributed by atoms with E-state index in [0.717, 1.165) is 37.9 Å². The Bertz CT molecular complexity index is 256. The van der Waals surface area contributed by atoms with Crippen molar-refractivity contribution >= 4 is 5.84 Å². The van der Waals surface area contributed by atoms with Crippen molar-refractivity contribution in [3.63, 3.8) is 0 Å². The molecule has 98 valence electrons. The van der Waals surface area contributed by atoms with Crippen LogP contribution in [0.25, 0.3) is 0 Å². The molecule has 0 radical (unpaired) electrons. The van der Waals surface area contributed by atoms with Crippen LogP contribution in [0.3, 0.4) is 0 Å². The summed E-state index contributed by atoms with van der Waals surface area (Å²) in [4.78, 5) is 4.68.